The Morgan fingerprint density at radius 2 is 2.35 bits per heavy atom. The van der Waals surface area contributed by atoms with Crippen molar-refractivity contribution in [2.75, 3.05) is 26.2 Å². The molecule has 1 N–H and O–H groups in total. The third-order valence-electron chi connectivity index (χ3n) is 3.53. The maximum Gasteiger partial charge on any atom is 0.324 e. The van der Waals surface area contributed by atoms with Crippen LogP contribution >= 0.6 is 0 Å². The topological polar surface area (TPSA) is 41.6 Å². The standard InChI is InChI=1S/C15H21FN2O2/c1-3-20-15(19)14-9-17-6-7-18(14)10-12-5-4-11(2)13(16)8-12/h4-5,8,14,17H,3,6-7,9-10H2,1-2H3. The maximum atomic E-state index is 13.6. The molecule has 1 aromatic rings. The van der Waals surface area contributed by atoms with Gasteiger partial charge in [-0.3, -0.25) is 9.69 Å². The second kappa shape index (κ2) is 6.81. The SMILES string of the molecule is CCOC(=O)C1CNCCN1Cc1ccc(C)c(F)c1. The first-order valence-electron chi connectivity index (χ1n) is 6.98. The molecule has 0 aliphatic carbocycles. The van der Waals surface area contributed by atoms with Crippen LogP contribution in [-0.2, 0) is 16.1 Å². The molecule has 1 aliphatic heterocycles. The summed E-state index contributed by atoms with van der Waals surface area (Å²) in [5.74, 6) is -0.419. The van der Waals surface area contributed by atoms with Crippen molar-refractivity contribution in [2.24, 2.45) is 0 Å². The zero-order chi connectivity index (χ0) is 14.5. The van der Waals surface area contributed by atoms with Crippen molar-refractivity contribution in [3.8, 4) is 0 Å². The van der Waals surface area contributed by atoms with Crippen LogP contribution in [0.4, 0.5) is 4.39 Å². The Labute approximate surface area is 118 Å². The van der Waals surface area contributed by atoms with Gasteiger partial charge in [0, 0.05) is 26.2 Å². The van der Waals surface area contributed by atoms with Gasteiger partial charge >= 0.3 is 5.97 Å². The molecule has 1 saturated heterocycles. The summed E-state index contributed by atoms with van der Waals surface area (Å²) in [5, 5.41) is 3.19. The molecule has 1 atom stereocenters. The molecule has 0 radical (unpaired) electrons. The number of carbonyl (C=O) groups is 1. The van der Waals surface area contributed by atoms with Crippen LogP contribution in [0, 0.1) is 12.7 Å². The summed E-state index contributed by atoms with van der Waals surface area (Å²) in [5.41, 5.74) is 1.51. The molecule has 2 rings (SSSR count). The minimum atomic E-state index is -0.298. The fourth-order valence-corrected chi connectivity index (χ4v) is 2.38. The number of benzene rings is 1. The molecule has 1 heterocycles. The van der Waals surface area contributed by atoms with Gasteiger partial charge in [-0.1, -0.05) is 12.1 Å². The number of hydrogen-bond donors (Lipinski definition) is 1. The quantitative estimate of drug-likeness (QED) is 0.848. The van der Waals surface area contributed by atoms with Crippen LogP contribution in [0.3, 0.4) is 0 Å². The third-order valence-corrected chi connectivity index (χ3v) is 3.53. The molecular formula is C15H21FN2O2. The monoisotopic (exact) mass is 280 g/mol. The Morgan fingerprint density at radius 3 is 3.05 bits per heavy atom. The van der Waals surface area contributed by atoms with Crippen molar-refractivity contribution in [3.05, 3.63) is 35.1 Å². The van der Waals surface area contributed by atoms with Gasteiger partial charge in [-0.25, -0.2) is 4.39 Å². The van der Waals surface area contributed by atoms with Gasteiger partial charge in [0.2, 0.25) is 0 Å². The van der Waals surface area contributed by atoms with Gasteiger partial charge in [-0.2, -0.15) is 0 Å². The van der Waals surface area contributed by atoms with E-state index in [1.807, 2.05) is 11.0 Å². The predicted octanol–water partition coefficient (Wildman–Crippen LogP) is 1.47. The van der Waals surface area contributed by atoms with Crippen LogP contribution in [0.2, 0.25) is 0 Å². The lowest BCUT2D eigenvalue weighted by Gasteiger charge is -2.34. The van der Waals surface area contributed by atoms with Gasteiger partial charge in [-0.05, 0) is 31.0 Å². The lowest BCUT2D eigenvalue weighted by molar-refractivity contribution is -0.150. The van der Waals surface area contributed by atoms with Crippen molar-refractivity contribution in [1.82, 2.24) is 10.2 Å². The van der Waals surface area contributed by atoms with E-state index < -0.39 is 0 Å². The molecule has 1 aliphatic rings. The minimum Gasteiger partial charge on any atom is -0.465 e. The molecule has 20 heavy (non-hydrogen) atoms. The van der Waals surface area contributed by atoms with Gasteiger partial charge in [0.1, 0.15) is 11.9 Å². The molecule has 1 unspecified atom stereocenters. The third kappa shape index (κ3) is 3.55. The number of esters is 1. The van der Waals surface area contributed by atoms with Gasteiger partial charge in [-0.15, -0.1) is 0 Å². The lowest BCUT2D eigenvalue weighted by Crippen LogP contribution is -2.54. The van der Waals surface area contributed by atoms with E-state index in [1.54, 1.807) is 26.0 Å². The lowest BCUT2D eigenvalue weighted by atomic mass is 10.1. The first kappa shape index (κ1) is 14.9. The Bertz CT molecular complexity index is 479. The second-order valence-corrected chi connectivity index (χ2v) is 5.03. The number of nitrogens with zero attached hydrogens (tertiary/aromatic N) is 1. The predicted molar refractivity (Wildman–Crippen MR) is 74.8 cm³/mol. The largest absolute Gasteiger partial charge is 0.465 e. The van der Waals surface area contributed by atoms with Crippen molar-refractivity contribution in [3.63, 3.8) is 0 Å². The zero-order valence-electron chi connectivity index (χ0n) is 12.0. The van der Waals surface area contributed by atoms with Crippen LogP contribution < -0.4 is 5.32 Å². The summed E-state index contributed by atoms with van der Waals surface area (Å²) in [4.78, 5) is 14.0. The Morgan fingerprint density at radius 1 is 1.55 bits per heavy atom. The number of nitrogens with one attached hydrogen (secondary N) is 1. The van der Waals surface area contributed by atoms with Crippen LogP contribution in [0.1, 0.15) is 18.1 Å². The van der Waals surface area contributed by atoms with E-state index in [-0.39, 0.29) is 17.8 Å². The number of rotatable bonds is 4. The molecule has 1 fully saturated rings. The maximum absolute atomic E-state index is 13.6. The first-order chi connectivity index (χ1) is 9.61. The zero-order valence-corrected chi connectivity index (χ0v) is 12.0. The number of carbonyl (C=O) groups excluding carboxylic acids is 1. The average molecular weight is 280 g/mol. The number of ether oxygens (including phenoxy) is 1. The second-order valence-electron chi connectivity index (χ2n) is 5.03. The summed E-state index contributed by atoms with van der Waals surface area (Å²) in [6, 6.07) is 4.92. The van der Waals surface area contributed by atoms with E-state index in [2.05, 4.69) is 5.32 Å². The molecule has 0 bridgehead atoms. The molecule has 4 nitrogen and oxygen atoms in total. The van der Waals surface area contributed by atoms with E-state index in [0.29, 0.717) is 25.3 Å². The summed E-state index contributed by atoms with van der Waals surface area (Å²) in [7, 11) is 0. The highest BCUT2D eigenvalue weighted by Crippen LogP contribution is 2.15. The minimum absolute atomic E-state index is 0.203. The summed E-state index contributed by atoms with van der Waals surface area (Å²) < 4.78 is 18.7. The van der Waals surface area contributed by atoms with E-state index in [0.717, 1.165) is 18.7 Å². The molecule has 5 heteroatoms. The van der Waals surface area contributed by atoms with E-state index >= 15 is 0 Å². The van der Waals surface area contributed by atoms with Crippen LogP contribution in [-0.4, -0.2) is 43.2 Å². The van der Waals surface area contributed by atoms with Crippen molar-refractivity contribution in [1.29, 1.82) is 0 Å². The fourth-order valence-electron chi connectivity index (χ4n) is 2.38. The van der Waals surface area contributed by atoms with E-state index in [1.165, 1.54) is 0 Å². The number of aryl methyl sites for hydroxylation is 1. The Hall–Kier alpha value is -1.46. The summed E-state index contributed by atoms with van der Waals surface area (Å²) in [6.07, 6.45) is 0. The fraction of sp³-hybridized carbons (Fsp3) is 0.533. The van der Waals surface area contributed by atoms with Gasteiger partial charge in [0.15, 0.2) is 0 Å². The number of hydrogen-bond acceptors (Lipinski definition) is 4. The number of halogens is 1. The average Bonchev–Trinajstić information content (AvgIpc) is 2.44. The Balaban J connectivity index is 2.08. The molecule has 0 aromatic heterocycles. The summed E-state index contributed by atoms with van der Waals surface area (Å²) in [6.45, 7) is 6.63. The first-order valence-corrected chi connectivity index (χ1v) is 6.98. The van der Waals surface area contributed by atoms with Crippen molar-refractivity contribution in [2.45, 2.75) is 26.4 Å². The highest BCUT2D eigenvalue weighted by molar-refractivity contribution is 5.76. The molecule has 0 saturated carbocycles. The molecular weight excluding hydrogens is 259 g/mol. The van der Waals surface area contributed by atoms with Crippen LogP contribution in [0.5, 0.6) is 0 Å². The number of piperazine rings is 1. The molecule has 110 valence electrons. The van der Waals surface area contributed by atoms with E-state index in [4.69, 9.17) is 4.74 Å². The van der Waals surface area contributed by atoms with Crippen LogP contribution in [0.25, 0.3) is 0 Å². The molecule has 1 aromatic carbocycles. The van der Waals surface area contributed by atoms with Gasteiger partial charge in [0.25, 0.3) is 0 Å². The normalized spacial score (nSPS) is 19.9. The summed E-state index contributed by atoms with van der Waals surface area (Å²) >= 11 is 0. The van der Waals surface area contributed by atoms with Crippen molar-refractivity contribution >= 4 is 5.97 Å². The van der Waals surface area contributed by atoms with Crippen molar-refractivity contribution < 1.29 is 13.9 Å². The van der Waals surface area contributed by atoms with Gasteiger partial charge in [0.05, 0.1) is 6.61 Å². The van der Waals surface area contributed by atoms with E-state index in [9.17, 15) is 9.18 Å². The molecule has 0 amide bonds. The highest BCUT2D eigenvalue weighted by Gasteiger charge is 2.29. The highest BCUT2D eigenvalue weighted by atomic mass is 19.1. The Kier molecular flexibility index (Phi) is 5.09. The van der Waals surface area contributed by atoms with Crippen LogP contribution in [0.15, 0.2) is 18.2 Å². The molecule has 0 spiro atoms. The van der Waals surface area contributed by atoms with Gasteiger partial charge < -0.3 is 10.1 Å². The smallest absolute Gasteiger partial charge is 0.324 e.